The summed E-state index contributed by atoms with van der Waals surface area (Å²) in [7, 11) is -11.0. The Labute approximate surface area is 78.6 Å². The van der Waals surface area contributed by atoms with E-state index in [1.54, 1.807) is 0 Å². The molecule has 2 unspecified atom stereocenters. The number of hydrogen-bond acceptors (Lipinski definition) is 5. The average molecular weight is 268 g/mol. The van der Waals surface area contributed by atoms with Crippen LogP contribution in [0.3, 0.4) is 0 Å². The van der Waals surface area contributed by atoms with Crippen LogP contribution >= 0.6 is 15.2 Å². The molecule has 0 bridgehead atoms. The maximum atomic E-state index is 10.1. The van der Waals surface area contributed by atoms with E-state index in [0.717, 1.165) is 0 Å². The van der Waals surface area contributed by atoms with E-state index in [-0.39, 0.29) is 24.0 Å². The van der Waals surface area contributed by atoms with Crippen LogP contribution in [0.1, 0.15) is 6.92 Å². The first kappa shape index (κ1) is 15.3. The summed E-state index contributed by atoms with van der Waals surface area (Å²) in [6.45, 7) is 0.258. The van der Waals surface area contributed by atoms with Crippen LogP contribution < -0.4 is 9.79 Å². The fourth-order valence-corrected chi connectivity index (χ4v) is 1.44. The standard InChI is InChI=1S/C2H8O7P2.Cu/c1-2(3,10(4,5)6)11(7,8)9;/h3H,1H3,(H2,4,5,6)(H2,7,8,9);/q;+2/p-2. The zero-order valence-electron chi connectivity index (χ0n) is 5.67. The van der Waals surface area contributed by atoms with E-state index in [0.29, 0.717) is 0 Å². The normalized spacial score (nSPS) is 25.8. The molecule has 10 heteroatoms. The molecule has 3 N–H and O–H groups in total. The van der Waals surface area contributed by atoms with E-state index in [1.165, 1.54) is 0 Å². The third-order valence-corrected chi connectivity index (χ3v) is 4.73. The van der Waals surface area contributed by atoms with Crippen molar-refractivity contribution in [2.24, 2.45) is 0 Å². The van der Waals surface area contributed by atoms with Crippen molar-refractivity contribution >= 4 is 15.2 Å². The first-order valence-corrected chi connectivity index (χ1v) is 5.46. The van der Waals surface area contributed by atoms with Gasteiger partial charge in [0, 0.05) is 0 Å². The van der Waals surface area contributed by atoms with Crippen LogP contribution in [-0.4, -0.2) is 20.0 Å². The van der Waals surface area contributed by atoms with Gasteiger partial charge in [-0.1, -0.05) is 0 Å². The fourth-order valence-electron chi connectivity index (χ4n) is 0.160. The molecule has 0 saturated heterocycles. The van der Waals surface area contributed by atoms with Crippen molar-refractivity contribution in [3.63, 3.8) is 0 Å². The minimum absolute atomic E-state index is 0. The molecule has 0 aliphatic carbocycles. The number of hydrogen-bond donors (Lipinski definition) is 3. The molecule has 0 aromatic carbocycles. The molecule has 0 aliphatic heterocycles. The smallest absolute Gasteiger partial charge is 0.776 e. The van der Waals surface area contributed by atoms with E-state index in [1.807, 2.05) is 0 Å². The quantitative estimate of drug-likeness (QED) is 0.379. The molecule has 0 amide bonds. The third kappa shape index (κ3) is 2.92. The summed E-state index contributed by atoms with van der Waals surface area (Å²) in [5.41, 5.74) is 0. The Balaban J connectivity index is 0. The Bertz CT molecular complexity index is 212. The first-order chi connectivity index (χ1) is 4.50. The molecular formula is C2H6CuO7P2. The molecule has 0 aromatic rings. The summed E-state index contributed by atoms with van der Waals surface area (Å²) in [5, 5.41) is 5.02. The van der Waals surface area contributed by atoms with Crippen molar-refractivity contribution in [1.29, 1.82) is 0 Å². The maximum Gasteiger partial charge on any atom is 2.00 e. The van der Waals surface area contributed by atoms with Crippen LogP contribution in [0.4, 0.5) is 0 Å². The molecule has 2 atom stereocenters. The summed E-state index contributed by atoms with van der Waals surface area (Å²) in [6.07, 6.45) is 0. The maximum absolute atomic E-state index is 10.1. The Hall–Kier alpha value is 0.779. The molecule has 7 nitrogen and oxygen atoms in total. The fraction of sp³-hybridized carbons (Fsp3) is 1.00. The van der Waals surface area contributed by atoms with Crippen LogP contribution in [0.5, 0.6) is 0 Å². The molecule has 0 aliphatic rings. The molecule has 0 aromatic heterocycles. The van der Waals surface area contributed by atoms with E-state index in [4.69, 9.17) is 14.9 Å². The van der Waals surface area contributed by atoms with Crippen LogP contribution in [-0.2, 0) is 26.2 Å². The van der Waals surface area contributed by atoms with Gasteiger partial charge in [0.05, 0.1) is 0 Å². The van der Waals surface area contributed by atoms with Crippen LogP contribution in [0.25, 0.3) is 0 Å². The van der Waals surface area contributed by atoms with Gasteiger partial charge in [-0.05, 0) is 6.92 Å². The van der Waals surface area contributed by atoms with Gasteiger partial charge in [-0.25, -0.2) is 0 Å². The van der Waals surface area contributed by atoms with Crippen molar-refractivity contribution in [2.45, 2.75) is 12.0 Å². The Morgan fingerprint density at radius 1 is 1.17 bits per heavy atom. The van der Waals surface area contributed by atoms with Gasteiger partial charge in [0.2, 0.25) is 0 Å². The Kier molecular flexibility index (Phi) is 4.94. The van der Waals surface area contributed by atoms with Gasteiger partial charge in [-0.3, -0.25) is 0 Å². The first-order valence-electron chi connectivity index (χ1n) is 2.30. The van der Waals surface area contributed by atoms with Gasteiger partial charge in [-0.2, -0.15) is 0 Å². The topological polar surface area (TPSA) is 141 Å². The summed E-state index contributed by atoms with van der Waals surface area (Å²) in [6, 6.07) is 0. The van der Waals surface area contributed by atoms with Crippen molar-refractivity contribution in [2.75, 3.05) is 0 Å². The van der Waals surface area contributed by atoms with Crippen molar-refractivity contribution < 1.29 is 50.9 Å². The predicted octanol–water partition coefficient (Wildman–Crippen LogP) is -2.26. The minimum atomic E-state index is -5.51. The number of rotatable bonds is 2. The monoisotopic (exact) mass is 267 g/mol. The minimum Gasteiger partial charge on any atom is -0.776 e. The van der Waals surface area contributed by atoms with E-state index >= 15 is 0 Å². The molecule has 0 saturated carbocycles. The van der Waals surface area contributed by atoms with E-state index in [9.17, 15) is 18.9 Å². The second-order valence-electron chi connectivity index (χ2n) is 2.01. The van der Waals surface area contributed by atoms with E-state index < -0.39 is 20.3 Å². The SMILES string of the molecule is CC(O)(P(=O)([O-])O)P(=O)([O-])O.[Cu+2]. The Morgan fingerprint density at radius 3 is 1.33 bits per heavy atom. The van der Waals surface area contributed by atoms with Gasteiger partial charge in [0.25, 0.3) is 0 Å². The molecule has 0 rings (SSSR count). The van der Waals surface area contributed by atoms with Gasteiger partial charge in [-0.15, -0.1) is 0 Å². The molecule has 0 heterocycles. The van der Waals surface area contributed by atoms with Crippen molar-refractivity contribution in [3.05, 3.63) is 0 Å². The summed E-state index contributed by atoms with van der Waals surface area (Å²) in [5.74, 6) is 0. The summed E-state index contributed by atoms with van der Waals surface area (Å²) < 4.78 is 20.2. The van der Waals surface area contributed by atoms with Crippen LogP contribution in [0, 0.1) is 0 Å². The molecule has 1 radical (unpaired) electrons. The third-order valence-electron chi connectivity index (χ3n) is 1.07. The second-order valence-corrected chi connectivity index (χ2v) is 6.19. The molecule has 77 valence electrons. The molecule has 12 heavy (non-hydrogen) atoms. The molecule has 0 fully saturated rings. The Morgan fingerprint density at radius 2 is 1.33 bits per heavy atom. The summed E-state index contributed by atoms with van der Waals surface area (Å²) in [4.78, 5) is 36.4. The predicted molar refractivity (Wildman–Crippen MR) is 30.3 cm³/mol. The average Bonchev–Trinajstić information content (AvgIpc) is 1.58. The van der Waals surface area contributed by atoms with E-state index in [2.05, 4.69) is 0 Å². The van der Waals surface area contributed by atoms with Crippen molar-refractivity contribution in [1.82, 2.24) is 0 Å². The van der Waals surface area contributed by atoms with Crippen LogP contribution in [0.2, 0.25) is 0 Å². The van der Waals surface area contributed by atoms with Gasteiger partial charge < -0.3 is 33.8 Å². The van der Waals surface area contributed by atoms with Gasteiger partial charge in [0.15, 0.2) is 20.3 Å². The van der Waals surface area contributed by atoms with Crippen molar-refractivity contribution in [3.8, 4) is 0 Å². The largest absolute Gasteiger partial charge is 2.00 e. The molecular weight excluding hydrogens is 262 g/mol. The summed E-state index contributed by atoms with van der Waals surface area (Å²) >= 11 is 0. The zero-order valence-corrected chi connectivity index (χ0v) is 8.40. The van der Waals surface area contributed by atoms with Gasteiger partial charge in [0.1, 0.15) is 0 Å². The van der Waals surface area contributed by atoms with Gasteiger partial charge >= 0.3 is 17.1 Å². The molecule has 0 spiro atoms. The number of aliphatic hydroxyl groups is 1. The van der Waals surface area contributed by atoms with Crippen LogP contribution in [0.15, 0.2) is 0 Å². The zero-order chi connectivity index (χ0) is 9.50. The second kappa shape index (κ2) is 3.88.